The predicted molar refractivity (Wildman–Crippen MR) is 117 cm³/mol. The minimum absolute atomic E-state index is 0. The quantitative estimate of drug-likeness (QED) is 0.730. The molecule has 1 aliphatic carbocycles. The lowest BCUT2D eigenvalue weighted by atomic mass is 10.1. The molecule has 5 nitrogen and oxygen atoms in total. The first kappa shape index (κ1) is 23.2. The molecule has 1 heterocycles. The molecule has 2 unspecified atom stereocenters. The molecule has 168 valence electrons. The van der Waals surface area contributed by atoms with Gasteiger partial charge >= 0.3 is 0 Å². The molecule has 2 fully saturated rings. The number of nitrogens with zero attached hydrogens (tertiary/aromatic N) is 2. The van der Waals surface area contributed by atoms with Gasteiger partial charge in [0.05, 0.1) is 6.54 Å². The summed E-state index contributed by atoms with van der Waals surface area (Å²) in [5.41, 5.74) is 1.43. The number of carbonyl (C=O) groups excluding carboxylic acids is 1. The average Bonchev–Trinajstić information content (AvgIpc) is 3.52. The maximum Gasteiger partial charge on any atom is 0.236 e. The largest absolute Gasteiger partial charge is 0.486 e. The lowest BCUT2D eigenvalue weighted by Gasteiger charge is -2.32. The molecular formula is C24H31F2N3O2. The first-order valence-electron chi connectivity index (χ1n) is 10.4. The first-order chi connectivity index (χ1) is 14.5. The summed E-state index contributed by atoms with van der Waals surface area (Å²) in [6, 6.07) is 11.7. The maximum absolute atomic E-state index is 14.5. The van der Waals surface area contributed by atoms with E-state index in [-0.39, 0.29) is 44.2 Å². The fourth-order valence-electron chi connectivity index (χ4n) is 3.89. The van der Waals surface area contributed by atoms with Gasteiger partial charge in [0.15, 0.2) is 11.6 Å². The van der Waals surface area contributed by atoms with Crippen molar-refractivity contribution in [2.75, 3.05) is 39.8 Å². The van der Waals surface area contributed by atoms with Crippen LogP contribution in [0.15, 0.2) is 42.5 Å². The van der Waals surface area contributed by atoms with Crippen LogP contribution < -0.4 is 10.1 Å². The van der Waals surface area contributed by atoms with E-state index in [1.807, 2.05) is 42.3 Å². The number of halogens is 2. The summed E-state index contributed by atoms with van der Waals surface area (Å²) in [5, 5.41) is 3.25. The van der Waals surface area contributed by atoms with Gasteiger partial charge in [-0.15, -0.1) is 0 Å². The molecule has 2 aromatic carbocycles. The Hall–Kier alpha value is -2.51. The highest BCUT2D eigenvalue weighted by atomic mass is 19.1. The number of amides is 1. The van der Waals surface area contributed by atoms with Crippen LogP contribution in [0.4, 0.5) is 8.78 Å². The highest BCUT2D eigenvalue weighted by Gasteiger charge is 2.41. The van der Waals surface area contributed by atoms with Crippen LogP contribution in [0.2, 0.25) is 0 Å². The van der Waals surface area contributed by atoms with Gasteiger partial charge in [-0.25, -0.2) is 8.78 Å². The third-order valence-corrected chi connectivity index (χ3v) is 5.82. The fraction of sp³-hybridized carbons (Fsp3) is 0.458. The number of nitrogens with one attached hydrogen (secondary N) is 1. The number of benzene rings is 2. The van der Waals surface area contributed by atoms with Gasteiger partial charge in [-0.2, -0.15) is 0 Å². The van der Waals surface area contributed by atoms with E-state index in [0.717, 1.165) is 44.2 Å². The summed E-state index contributed by atoms with van der Waals surface area (Å²) in [7, 11) is 2.05. The number of hydrogen-bond acceptors (Lipinski definition) is 4. The zero-order valence-electron chi connectivity index (χ0n) is 17.1. The molecule has 1 saturated heterocycles. The molecule has 7 heteroatoms. The molecular weight excluding hydrogens is 400 g/mol. The lowest BCUT2D eigenvalue weighted by molar-refractivity contribution is -0.131. The second-order valence-corrected chi connectivity index (χ2v) is 8.09. The van der Waals surface area contributed by atoms with Gasteiger partial charge in [-0.05, 0) is 25.1 Å². The molecule has 0 radical (unpaired) electrons. The van der Waals surface area contributed by atoms with Crippen molar-refractivity contribution in [3.05, 3.63) is 65.2 Å². The SMILES string of the molecule is C.CN1CCN(C(=O)CNC2CC2c2cc(F)cc(F)c2OCc2ccccc2)CC1. The van der Waals surface area contributed by atoms with Gasteiger partial charge in [0.1, 0.15) is 12.4 Å². The topological polar surface area (TPSA) is 44.8 Å². The van der Waals surface area contributed by atoms with Crippen LogP contribution in [0.25, 0.3) is 0 Å². The van der Waals surface area contributed by atoms with Gasteiger partial charge < -0.3 is 19.9 Å². The van der Waals surface area contributed by atoms with Gasteiger partial charge in [-0.3, -0.25) is 4.79 Å². The van der Waals surface area contributed by atoms with E-state index in [0.29, 0.717) is 5.56 Å². The summed E-state index contributed by atoms with van der Waals surface area (Å²) in [4.78, 5) is 16.5. The maximum atomic E-state index is 14.5. The number of piperazine rings is 1. The fourth-order valence-corrected chi connectivity index (χ4v) is 3.89. The van der Waals surface area contributed by atoms with Crippen molar-refractivity contribution >= 4 is 5.91 Å². The van der Waals surface area contributed by atoms with E-state index in [1.165, 1.54) is 6.07 Å². The molecule has 1 amide bonds. The molecule has 1 aliphatic heterocycles. The molecule has 2 aliphatic rings. The average molecular weight is 432 g/mol. The van der Waals surface area contributed by atoms with Crippen LogP contribution in [0.3, 0.4) is 0 Å². The van der Waals surface area contributed by atoms with E-state index in [1.54, 1.807) is 0 Å². The smallest absolute Gasteiger partial charge is 0.236 e. The molecule has 0 aromatic heterocycles. The Labute approximate surface area is 183 Å². The van der Waals surface area contributed by atoms with E-state index >= 15 is 0 Å². The van der Waals surface area contributed by atoms with Crippen LogP contribution in [-0.2, 0) is 11.4 Å². The van der Waals surface area contributed by atoms with Crippen molar-refractivity contribution in [1.29, 1.82) is 0 Å². The van der Waals surface area contributed by atoms with E-state index in [9.17, 15) is 13.6 Å². The van der Waals surface area contributed by atoms with Gasteiger partial charge in [0, 0.05) is 49.8 Å². The second-order valence-electron chi connectivity index (χ2n) is 8.09. The molecule has 31 heavy (non-hydrogen) atoms. The van der Waals surface area contributed by atoms with Crippen LogP contribution in [-0.4, -0.2) is 61.5 Å². The van der Waals surface area contributed by atoms with Crippen LogP contribution in [0.5, 0.6) is 5.75 Å². The normalized spacial score (nSPS) is 20.8. The van der Waals surface area contributed by atoms with Crippen molar-refractivity contribution < 1.29 is 18.3 Å². The Kier molecular flexibility index (Phi) is 7.62. The summed E-state index contributed by atoms with van der Waals surface area (Å²) >= 11 is 0. The van der Waals surface area contributed by atoms with Crippen LogP contribution in [0.1, 0.15) is 30.9 Å². The minimum atomic E-state index is -0.694. The molecule has 1 N–H and O–H groups in total. The van der Waals surface area contributed by atoms with E-state index in [4.69, 9.17) is 4.74 Å². The summed E-state index contributed by atoms with van der Waals surface area (Å²) in [5.74, 6) is -1.21. The Balaban J connectivity index is 0.00000272. The number of hydrogen-bond donors (Lipinski definition) is 1. The Morgan fingerprint density at radius 3 is 2.55 bits per heavy atom. The van der Waals surface area contributed by atoms with Crippen molar-refractivity contribution in [2.24, 2.45) is 0 Å². The monoisotopic (exact) mass is 431 g/mol. The number of rotatable bonds is 7. The Morgan fingerprint density at radius 2 is 1.84 bits per heavy atom. The zero-order chi connectivity index (χ0) is 21.1. The van der Waals surface area contributed by atoms with Crippen LogP contribution in [0, 0.1) is 11.6 Å². The Bertz CT molecular complexity index is 886. The van der Waals surface area contributed by atoms with Crippen molar-refractivity contribution in [2.45, 2.75) is 32.4 Å². The molecule has 1 saturated carbocycles. The number of likely N-dealkylation sites (N-methyl/N-ethyl adjacent to an activating group) is 1. The van der Waals surface area contributed by atoms with Crippen molar-refractivity contribution in [3.63, 3.8) is 0 Å². The van der Waals surface area contributed by atoms with E-state index in [2.05, 4.69) is 10.2 Å². The molecule has 2 atom stereocenters. The molecule has 0 spiro atoms. The van der Waals surface area contributed by atoms with Gasteiger partial charge in [0.25, 0.3) is 0 Å². The lowest BCUT2D eigenvalue weighted by Crippen LogP contribution is -2.49. The van der Waals surface area contributed by atoms with E-state index < -0.39 is 11.6 Å². The van der Waals surface area contributed by atoms with Crippen molar-refractivity contribution in [1.82, 2.24) is 15.1 Å². The first-order valence-corrected chi connectivity index (χ1v) is 10.4. The molecule has 2 aromatic rings. The third-order valence-electron chi connectivity index (χ3n) is 5.82. The Morgan fingerprint density at radius 1 is 1.13 bits per heavy atom. The minimum Gasteiger partial charge on any atom is -0.486 e. The summed E-state index contributed by atoms with van der Waals surface area (Å²) in [6.45, 7) is 3.67. The summed E-state index contributed by atoms with van der Waals surface area (Å²) < 4.78 is 34.1. The van der Waals surface area contributed by atoms with Crippen molar-refractivity contribution in [3.8, 4) is 5.75 Å². The zero-order valence-corrected chi connectivity index (χ0v) is 17.1. The highest BCUT2D eigenvalue weighted by molar-refractivity contribution is 5.78. The molecule has 0 bridgehead atoms. The molecule has 4 rings (SSSR count). The summed E-state index contributed by atoms with van der Waals surface area (Å²) in [6.07, 6.45) is 0.723. The second kappa shape index (κ2) is 10.2. The number of carbonyl (C=O) groups is 1. The number of ether oxygens (including phenoxy) is 1. The van der Waals surface area contributed by atoms with Gasteiger partial charge in [-0.1, -0.05) is 37.8 Å². The highest BCUT2D eigenvalue weighted by Crippen LogP contribution is 2.46. The third kappa shape index (κ3) is 5.80. The van der Waals surface area contributed by atoms with Gasteiger partial charge in [0.2, 0.25) is 5.91 Å². The standard InChI is InChI=1S/C23H27F2N3O2.CH4/c1-27-7-9-28(10-8-27)22(29)14-26-21-13-18(21)19-11-17(24)12-20(25)23(19)30-15-16-5-3-2-4-6-16;/h2-6,11-12,18,21,26H,7-10,13-15H2,1H3;1H4. The van der Waals surface area contributed by atoms with Crippen LogP contribution >= 0.6 is 0 Å². The predicted octanol–water partition coefficient (Wildman–Crippen LogP) is 3.40.